The van der Waals surface area contributed by atoms with Gasteiger partial charge < -0.3 is 24.1 Å². The molecule has 0 saturated carbocycles. The van der Waals surface area contributed by atoms with Crippen LogP contribution in [0.15, 0.2) is 91.0 Å². The third kappa shape index (κ3) is 5.48. The zero-order valence-electron chi connectivity index (χ0n) is 18.0. The Hall–Kier alpha value is -4.01. The van der Waals surface area contributed by atoms with Crippen molar-refractivity contribution < 1.29 is 38.4 Å². The first-order valence-electron chi connectivity index (χ1n) is 10.6. The summed E-state index contributed by atoms with van der Waals surface area (Å²) in [4.78, 5) is 37.6. The smallest absolute Gasteiger partial charge is 0.338 e. The molecule has 0 radical (unpaired) electrons. The van der Waals surface area contributed by atoms with Crippen molar-refractivity contribution in [3.05, 3.63) is 108 Å². The molecule has 1 aliphatic rings. The Morgan fingerprint density at radius 1 is 0.647 bits per heavy atom. The highest BCUT2D eigenvalue weighted by molar-refractivity contribution is 5.90. The standard InChI is InChI=1S/C26H22O8/c27-23(17-10-4-1-5-11-17)31-16-20-21(33-24(28)18-12-6-2-7-13-18)22(26(30)32-20)34-25(29)19-14-8-3-9-15-19/h1-15,20-22,26,30H,16H2/t20-,21+,22-,26+/m0/s1. The number of carbonyl (C=O) groups excluding carboxylic acids is 3. The number of rotatable bonds is 7. The van der Waals surface area contributed by atoms with Crippen molar-refractivity contribution in [3.63, 3.8) is 0 Å². The predicted molar refractivity (Wildman–Crippen MR) is 119 cm³/mol. The molecule has 4 rings (SSSR count). The number of hydrogen-bond donors (Lipinski definition) is 1. The van der Waals surface area contributed by atoms with Crippen LogP contribution in [-0.2, 0) is 18.9 Å². The second kappa shape index (κ2) is 10.7. The van der Waals surface area contributed by atoms with Crippen LogP contribution in [0.3, 0.4) is 0 Å². The van der Waals surface area contributed by atoms with E-state index in [4.69, 9.17) is 18.9 Å². The van der Waals surface area contributed by atoms with Crippen LogP contribution in [0.2, 0.25) is 0 Å². The van der Waals surface area contributed by atoms with Crippen LogP contribution in [0.25, 0.3) is 0 Å². The molecule has 0 aromatic heterocycles. The predicted octanol–water partition coefficient (Wildman–Crippen LogP) is 3.01. The van der Waals surface area contributed by atoms with Crippen molar-refractivity contribution >= 4 is 17.9 Å². The van der Waals surface area contributed by atoms with Gasteiger partial charge in [-0.3, -0.25) is 0 Å². The molecule has 0 bridgehead atoms. The van der Waals surface area contributed by atoms with Crippen molar-refractivity contribution in [1.82, 2.24) is 0 Å². The van der Waals surface area contributed by atoms with Crippen LogP contribution in [0.5, 0.6) is 0 Å². The van der Waals surface area contributed by atoms with Crippen LogP contribution in [0.1, 0.15) is 31.1 Å². The third-order valence-electron chi connectivity index (χ3n) is 5.18. The number of ether oxygens (including phenoxy) is 4. The van der Waals surface area contributed by atoms with E-state index in [9.17, 15) is 19.5 Å². The summed E-state index contributed by atoms with van der Waals surface area (Å²) in [6.45, 7) is -0.336. The van der Waals surface area contributed by atoms with Crippen molar-refractivity contribution in [1.29, 1.82) is 0 Å². The first-order valence-corrected chi connectivity index (χ1v) is 10.6. The maximum atomic E-state index is 12.7. The van der Waals surface area contributed by atoms with E-state index in [1.165, 1.54) is 0 Å². The van der Waals surface area contributed by atoms with E-state index < -0.39 is 42.5 Å². The van der Waals surface area contributed by atoms with E-state index in [0.29, 0.717) is 5.56 Å². The van der Waals surface area contributed by atoms with Crippen molar-refractivity contribution in [2.75, 3.05) is 6.61 Å². The summed E-state index contributed by atoms with van der Waals surface area (Å²) in [5.41, 5.74) is 0.838. The van der Waals surface area contributed by atoms with Gasteiger partial charge in [-0.2, -0.15) is 0 Å². The molecule has 0 amide bonds. The number of carbonyl (C=O) groups is 3. The lowest BCUT2D eigenvalue weighted by atomic mass is 10.1. The Kier molecular flexibility index (Phi) is 7.31. The normalized spacial score (nSPS) is 21.4. The summed E-state index contributed by atoms with van der Waals surface area (Å²) >= 11 is 0. The highest BCUT2D eigenvalue weighted by Gasteiger charge is 2.50. The second-order valence-corrected chi connectivity index (χ2v) is 7.50. The fraction of sp³-hybridized carbons (Fsp3) is 0.192. The van der Waals surface area contributed by atoms with Gasteiger partial charge in [-0.25, -0.2) is 14.4 Å². The summed E-state index contributed by atoms with van der Waals surface area (Å²) in [7, 11) is 0. The van der Waals surface area contributed by atoms with Crippen molar-refractivity contribution in [2.24, 2.45) is 0 Å². The fourth-order valence-corrected chi connectivity index (χ4v) is 3.46. The van der Waals surface area contributed by atoms with Crippen LogP contribution < -0.4 is 0 Å². The molecule has 34 heavy (non-hydrogen) atoms. The number of esters is 3. The minimum absolute atomic E-state index is 0.252. The van der Waals surface area contributed by atoms with Gasteiger partial charge in [0, 0.05) is 0 Å². The van der Waals surface area contributed by atoms with Gasteiger partial charge in [0.2, 0.25) is 0 Å². The van der Waals surface area contributed by atoms with Crippen molar-refractivity contribution in [2.45, 2.75) is 24.6 Å². The molecule has 3 aromatic carbocycles. The third-order valence-corrected chi connectivity index (χ3v) is 5.18. The molecule has 0 spiro atoms. The number of aliphatic hydroxyl groups excluding tert-OH is 1. The summed E-state index contributed by atoms with van der Waals surface area (Å²) in [6.07, 6.45) is -5.22. The molecule has 1 N–H and O–H groups in total. The van der Waals surface area contributed by atoms with Crippen molar-refractivity contribution in [3.8, 4) is 0 Å². The van der Waals surface area contributed by atoms with E-state index in [2.05, 4.69) is 0 Å². The largest absolute Gasteiger partial charge is 0.459 e. The minimum Gasteiger partial charge on any atom is -0.459 e. The van der Waals surface area contributed by atoms with Gasteiger partial charge in [0.15, 0.2) is 18.5 Å². The molecule has 0 unspecified atom stereocenters. The Morgan fingerprint density at radius 2 is 1.06 bits per heavy atom. The first-order chi connectivity index (χ1) is 16.5. The zero-order valence-corrected chi connectivity index (χ0v) is 18.0. The number of benzene rings is 3. The lowest BCUT2D eigenvalue weighted by Gasteiger charge is -2.23. The van der Waals surface area contributed by atoms with E-state index >= 15 is 0 Å². The van der Waals surface area contributed by atoms with Gasteiger partial charge >= 0.3 is 17.9 Å². The average molecular weight is 462 g/mol. The first kappa shape index (κ1) is 23.2. The molecule has 8 nitrogen and oxygen atoms in total. The topological polar surface area (TPSA) is 108 Å². The second-order valence-electron chi connectivity index (χ2n) is 7.50. The summed E-state index contributed by atoms with van der Waals surface area (Å²) in [5.74, 6) is -2.05. The molecule has 0 aliphatic carbocycles. The van der Waals surface area contributed by atoms with E-state index in [1.54, 1.807) is 91.0 Å². The molecule has 1 heterocycles. The SMILES string of the molecule is O=C(OC[C@@H]1O[C@@H](O)[C@@H](OC(=O)c2ccccc2)[C@@H]1OC(=O)c1ccccc1)c1ccccc1. The quantitative estimate of drug-likeness (QED) is 0.422. The molecule has 174 valence electrons. The molecular weight excluding hydrogens is 440 g/mol. The number of hydrogen-bond acceptors (Lipinski definition) is 8. The maximum absolute atomic E-state index is 12.7. The highest BCUT2D eigenvalue weighted by Crippen LogP contribution is 2.28. The monoisotopic (exact) mass is 462 g/mol. The molecule has 8 heteroatoms. The summed E-state index contributed by atoms with van der Waals surface area (Å²) in [5, 5.41) is 10.5. The van der Waals surface area contributed by atoms with Gasteiger partial charge in [0.1, 0.15) is 12.7 Å². The highest BCUT2D eigenvalue weighted by atomic mass is 16.7. The Labute approximate surface area is 195 Å². The van der Waals surface area contributed by atoms with Gasteiger partial charge in [-0.1, -0.05) is 54.6 Å². The lowest BCUT2D eigenvalue weighted by molar-refractivity contribution is -0.135. The fourth-order valence-electron chi connectivity index (χ4n) is 3.46. The molecule has 1 aliphatic heterocycles. The zero-order chi connectivity index (χ0) is 23.9. The Morgan fingerprint density at radius 3 is 1.53 bits per heavy atom. The maximum Gasteiger partial charge on any atom is 0.338 e. The Balaban J connectivity index is 1.51. The molecule has 1 fully saturated rings. The van der Waals surface area contributed by atoms with Crippen LogP contribution in [0, 0.1) is 0 Å². The van der Waals surface area contributed by atoms with Crippen LogP contribution >= 0.6 is 0 Å². The summed E-state index contributed by atoms with van der Waals surface area (Å²) < 4.78 is 21.8. The molecular formula is C26H22O8. The van der Waals surface area contributed by atoms with Gasteiger partial charge in [0.05, 0.1) is 16.7 Å². The molecule has 4 atom stereocenters. The van der Waals surface area contributed by atoms with E-state index in [-0.39, 0.29) is 17.7 Å². The molecule has 3 aromatic rings. The summed E-state index contributed by atoms with van der Waals surface area (Å²) in [6, 6.07) is 24.7. The average Bonchev–Trinajstić information content (AvgIpc) is 3.17. The minimum atomic E-state index is -1.60. The lowest BCUT2D eigenvalue weighted by Crippen LogP contribution is -2.42. The van der Waals surface area contributed by atoms with Crippen LogP contribution in [-0.4, -0.2) is 54.2 Å². The van der Waals surface area contributed by atoms with Crippen LogP contribution in [0.4, 0.5) is 0 Å². The Bertz CT molecular complexity index is 1120. The van der Waals surface area contributed by atoms with E-state index in [1.807, 2.05) is 0 Å². The van der Waals surface area contributed by atoms with Gasteiger partial charge in [-0.05, 0) is 36.4 Å². The van der Waals surface area contributed by atoms with E-state index in [0.717, 1.165) is 0 Å². The number of aliphatic hydroxyl groups is 1. The molecule has 1 saturated heterocycles. The van der Waals surface area contributed by atoms with Gasteiger partial charge in [0.25, 0.3) is 0 Å². The van der Waals surface area contributed by atoms with Gasteiger partial charge in [-0.15, -0.1) is 0 Å².